The van der Waals surface area contributed by atoms with Gasteiger partial charge in [0.25, 0.3) is 0 Å². The molecule has 1 fully saturated rings. The zero-order valence-electron chi connectivity index (χ0n) is 14.6. The number of ether oxygens (including phenoxy) is 1. The Balaban J connectivity index is 1.85. The van der Waals surface area contributed by atoms with Gasteiger partial charge >= 0.3 is 0 Å². The van der Waals surface area contributed by atoms with Crippen molar-refractivity contribution < 1.29 is 13.2 Å². The van der Waals surface area contributed by atoms with Crippen LogP contribution >= 0.6 is 11.6 Å². The van der Waals surface area contributed by atoms with Gasteiger partial charge in [-0.15, -0.1) is 0 Å². The highest BCUT2D eigenvalue weighted by molar-refractivity contribution is 7.89. The highest BCUT2D eigenvalue weighted by Gasteiger charge is 2.24. The zero-order valence-corrected chi connectivity index (χ0v) is 16.2. The SMILES string of the molecule is CN=C(NCCS(=O)(=O)N1CCOCC1)N(C)Cc1cccc(Cl)c1. The minimum Gasteiger partial charge on any atom is -0.379 e. The predicted molar refractivity (Wildman–Crippen MR) is 100 cm³/mol. The van der Waals surface area contributed by atoms with E-state index in [2.05, 4.69) is 10.3 Å². The third kappa shape index (κ3) is 6.14. The average Bonchev–Trinajstić information content (AvgIpc) is 2.59. The Morgan fingerprint density at radius 1 is 1.40 bits per heavy atom. The van der Waals surface area contributed by atoms with Crippen molar-refractivity contribution in [3.8, 4) is 0 Å². The summed E-state index contributed by atoms with van der Waals surface area (Å²) in [7, 11) is 0.292. The van der Waals surface area contributed by atoms with Crippen molar-refractivity contribution in [1.29, 1.82) is 0 Å². The molecule has 25 heavy (non-hydrogen) atoms. The number of benzene rings is 1. The molecule has 0 saturated carbocycles. The summed E-state index contributed by atoms with van der Waals surface area (Å²) in [6, 6.07) is 7.61. The lowest BCUT2D eigenvalue weighted by Gasteiger charge is -2.27. The predicted octanol–water partition coefficient (Wildman–Crippen LogP) is 1.01. The molecule has 0 unspecified atom stereocenters. The molecule has 1 aromatic carbocycles. The Kier molecular flexibility index (Phi) is 7.49. The quantitative estimate of drug-likeness (QED) is 0.581. The monoisotopic (exact) mass is 388 g/mol. The molecule has 1 aromatic rings. The molecular weight excluding hydrogens is 364 g/mol. The molecule has 1 N–H and O–H groups in total. The van der Waals surface area contributed by atoms with Crippen molar-refractivity contribution >= 4 is 27.6 Å². The molecule has 1 saturated heterocycles. The van der Waals surface area contributed by atoms with Crippen molar-refractivity contribution in [2.24, 2.45) is 4.99 Å². The molecule has 7 nitrogen and oxygen atoms in total. The molecule has 2 rings (SSSR count). The normalized spacial score (nSPS) is 16.7. The lowest BCUT2D eigenvalue weighted by Crippen LogP contribution is -2.45. The molecule has 1 aliphatic heterocycles. The van der Waals surface area contributed by atoms with E-state index in [9.17, 15) is 8.42 Å². The largest absolute Gasteiger partial charge is 0.379 e. The van der Waals surface area contributed by atoms with E-state index in [0.717, 1.165) is 5.56 Å². The third-order valence-corrected chi connectivity index (χ3v) is 6.00. The highest BCUT2D eigenvalue weighted by Crippen LogP contribution is 2.12. The fraction of sp³-hybridized carbons (Fsp3) is 0.562. The van der Waals surface area contributed by atoms with Gasteiger partial charge in [-0.05, 0) is 17.7 Å². The highest BCUT2D eigenvalue weighted by atomic mass is 35.5. The maximum absolute atomic E-state index is 12.3. The summed E-state index contributed by atoms with van der Waals surface area (Å²) in [6.07, 6.45) is 0. The van der Waals surface area contributed by atoms with Crippen molar-refractivity contribution in [3.05, 3.63) is 34.9 Å². The molecule has 0 radical (unpaired) electrons. The minimum atomic E-state index is -3.28. The molecule has 0 amide bonds. The Bertz CT molecular complexity index is 690. The van der Waals surface area contributed by atoms with Crippen molar-refractivity contribution in [3.63, 3.8) is 0 Å². The molecule has 0 aliphatic carbocycles. The summed E-state index contributed by atoms with van der Waals surface area (Å²) in [4.78, 5) is 6.13. The second kappa shape index (κ2) is 9.38. The Labute approximate surface area is 154 Å². The summed E-state index contributed by atoms with van der Waals surface area (Å²) >= 11 is 6.00. The van der Waals surface area contributed by atoms with E-state index in [1.54, 1.807) is 7.05 Å². The van der Waals surface area contributed by atoms with Gasteiger partial charge in [0.1, 0.15) is 0 Å². The lowest BCUT2D eigenvalue weighted by atomic mass is 10.2. The molecule has 0 spiro atoms. The number of nitrogens with zero attached hydrogens (tertiary/aromatic N) is 3. The van der Waals surface area contributed by atoms with Crippen LogP contribution in [0.3, 0.4) is 0 Å². The third-order valence-electron chi connectivity index (χ3n) is 3.89. The molecular formula is C16H25ClN4O3S. The summed E-state index contributed by atoms with van der Waals surface area (Å²) in [5, 5.41) is 3.79. The number of morpholine rings is 1. The molecule has 140 valence electrons. The van der Waals surface area contributed by atoms with Crippen molar-refractivity contribution in [2.45, 2.75) is 6.54 Å². The van der Waals surface area contributed by atoms with Gasteiger partial charge in [-0.2, -0.15) is 4.31 Å². The minimum absolute atomic E-state index is 0.0248. The van der Waals surface area contributed by atoms with Crippen LogP contribution in [0.25, 0.3) is 0 Å². The fourth-order valence-corrected chi connectivity index (χ4v) is 4.15. The summed E-state index contributed by atoms with van der Waals surface area (Å²) in [5.74, 6) is 0.661. The van der Waals surface area contributed by atoms with Crippen LogP contribution in [0, 0.1) is 0 Å². The van der Waals surface area contributed by atoms with Crippen LogP contribution in [0.15, 0.2) is 29.3 Å². The Morgan fingerprint density at radius 2 is 2.12 bits per heavy atom. The first-order valence-electron chi connectivity index (χ1n) is 8.14. The molecule has 0 bridgehead atoms. The number of aliphatic imine (C=N–C) groups is 1. The maximum Gasteiger partial charge on any atom is 0.215 e. The number of hydrogen-bond acceptors (Lipinski definition) is 4. The standard InChI is InChI=1S/C16H25ClN4O3S/c1-18-16(20(2)13-14-4-3-5-15(17)12-14)19-6-11-25(22,23)21-7-9-24-10-8-21/h3-5,12H,6-11,13H2,1-2H3,(H,18,19). The number of guanidine groups is 1. The van der Waals surface area contributed by atoms with Gasteiger partial charge in [0.15, 0.2) is 5.96 Å². The maximum atomic E-state index is 12.3. The first kappa shape index (κ1) is 20.0. The fourth-order valence-electron chi connectivity index (χ4n) is 2.61. The summed E-state index contributed by atoms with van der Waals surface area (Å²) < 4.78 is 31.3. The Morgan fingerprint density at radius 3 is 2.76 bits per heavy atom. The van der Waals surface area contributed by atoms with Crippen LogP contribution in [0.1, 0.15) is 5.56 Å². The van der Waals surface area contributed by atoms with Gasteiger partial charge in [-0.3, -0.25) is 4.99 Å². The van der Waals surface area contributed by atoms with Gasteiger partial charge in [0.05, 0.1) is 19.0 Å². The van der Waals surface area contributed by atoms with Gasteiger partial charge in [0.2, 0.25) is 10.0 Å². The number of hydrogen-bond donors (Lipinski definition) is 1. The van der Waals surface area contributed by atoms with Gasteiger partial charge in [0, 0.05) is 45.3 Å². The van der Waals surface area contributed by atoms with E-state index in [1.165, 1.54) is 4.31 Å². The van der Waals surface area contributed by atoms with E-state index >= 15 is 0 Å². The lowest BCUT2D eigenvalue weighted by molar-refractivity contribution is 0.0730. The van der Waals surface area contributed by atoms with Gasteiger partial charge in [-0.1, -0.05) is 23.7 Å². The van der Waals surface area contributed by atoms with E-state index in [1.807, 2.05) is 36.2 Å². The van der Waals surface area contributed by atoms with Crippen molar-refractivity contribution in [2.75, 3.05) is 52.7 Å². The number of rotatable bonds is 6. The van der Waals surface area contributed by atoms with Crippen LogP contribution in [0.4, 0.5) is 0 Å². The van der Waals surface area contributed by atoms with Crippen LogP contribution < -0.4 is 5.32 Å². The molecule has 0 atom stereocenters. The second-order valence-corrected chi connectivity index (χ2v) is 8.31. The van der Waals surface area contributed by atoms with E-state index < -0.39 is 10.0 Å². The molecule has 0 aromatic heterocycles. The number of sulfonamides is 1. The van der Waals surface area contributed by atoms with Crippen LogP contribution in [0.2, 0.25) is 5.02 Å². The number of halogens is 1. The smallest absolute Gasteiger partial charge is 0.215 e. The molecule has 9 heteroatoms. The van der Waals surface area contributed by atoms with E-state index in [-0.39, 0.29) is 5.75 Å². The summed E-state index contributed by atoms with van der Waals surface area (Å²) in [6.45, 7) is 2.67. The molecule has 1 heterocycles. The van der Waals surface area contributed by atoms with Crippen LogP contribution in [0.5, 0.6) is 0 Å². The first-order valence-corrected chi connectivity index (χ1v) is 10.1. The van der Waals surface area contributed by atoms with E-state index in [4.69, 9.17) is 16.3 Å². The summed E-state index contributed by atoms with van der Waals surface area (Å²) in [5.41, 5.74) is 1.05. The second-order valence-electron chi connectivity index (χ2n) is 5.79. The zero-order chi connectivity index (χ0) is 18.3. The Hall–Kier alpha value is -1.35. The van der Waals surface area contributed by atoms with Crippen molar-refractivity contribution in [1.82, 2.24) is 14.5 Å². The van der Waals surface area contributed by atoms with Gasteiger partial charge in [-0.25, -0.2) is 8.42 Å². The van der Waals surface area contributed by atoms with Gasteiger partial charge < -0.3 is 15.0 Å². The topological polar surface area (TPSA) is 74.2 Å². The molecule has 1 aliphatic rings. The number of nitrogens with one attached hydrogen (secondary N) is 1. The van der Waals surface area contributed by atoms with E-state index in [0.29, 0.717) is 50.4 Å². The van der Waals surface area contributed by atoms with Crippen LogP contribution in [-0.2, 0) is 21.3 Å². The average molecular weight is 389 g/mol. The van der Waals surface area contributed by atoms with Crippen LogP contribution in [-0.4, -0.2) is 76.3 Å². The first-order chi connectivity index (χ1) is 11.9.